The molecule has 1 saturated heterocycles. The number of aliphatic hydroxyl groups is 1. The van der Waals surface area contributed by atoms with E-state index in [0.717, 1.165) is 32.0 Å². The van der Waals surface area contributed by atoms with E-state index in [1.54, 1.807) is 0 Å². The molecule has 3 amide bonds. The first kappa shape index (κ1) is 25.7. The van der Waals surface area contributed by atoms with Gasteiger partial charge >= 0.3 is 6.03 Å². The Morgan fingerprint density at radius 3 is 2.76 bits per heavy atom. The molecule has 0 saturated carbocycles. The average Bonchev–Trinajstić information content (AvgIpc) is 3.37. The number of ether oxygens (including phenoxy) is 1. The predicted molar refractivity (Wildman–Crippen MR) is 119 cm³/mol. The Morgan fingerprint density at radius 2 is 2.09 bits per heavy atom. The quantitative estimate of drug-likeness (QED) is 0.292. The number of aromatic nitrogens is 1. The van der Waals surface area contributed by atoms with Crippen LogP contribution >= 0.6 is 11.5 Å². The number of urea groups is 1. The number of β-amino-alcohol motifs (C(OH)–C–C–N with tert-alkyl or cyclic N) is 1. The molecule has 1 atom stereocenters. The fourth-order valence-electron chi connectivity index (χ4n) is 3.53. The van der Waals surface area contributed by atoms with Crippen molar-refractivity contribution in [3.63, 3.8) is 0 Å². The Balaban J connectivity index is 1.53. The van der Waals surface area contributed by atoms with E-state index in [-0.39, 0.29) is 28.1 Å². The highest BCUT2D eigenvalue weighted by Gasteiger charge is 2.24. The molecule has 3 rings (SSSR count). The van der Waals surface area contributed by atoms with Gasteiger partial charge in [0.1, 0.15) is 23.0 Å². The molecule has 0 spiro atoms. The van der Waals surface area contributed by atoms with Gasteiger partial charge in [-0.1, -0.05) is 0 Å². The molecule has 5 N–H and O–H groups in total. The lowest BCUT2D eigenvalue weighted by molar-refractivity contribution is 0.0996. The number of halogens is 3. The molecule has 1 aromatic heterocycles. The summed E-state index contributed by atoms with van der Waals surface area (Å²) in [6, 6.07) is 0.242. The van der Waals surface area contributed by atoms with Gasteiger partial charge in [-0.05, 0) is 55.9 Å². The Kier molecular flexibility index (Phi) is 8.69. The van der Waals surface area contributed by atoms with Crippen molar-refractivity contribution in [1.82, 2.24) is 14.6 Å². The van der Waals surface area contributed by atoms with Crippen molar-refractivity contribution >= 4 is 28.5 Å². The second-order valence-corrected chi connectivity index (χ2v) is 8.73. The molecule has 9 nitrogen and oxygen atoms in total. The monoisotopic (exact) mass is 501 g/mol. The third-order valence-corrected chi connectivity index (χ3v) is 6.10. The number of nitrogens with one attached hydrogen (secondary N) is 2. The summed E-state index contributed by atoms with van der Waals surface area (Å²) in [4.78, 5) is 26.2. The molecule has 1 aliphatic heterocycles. The maximum atomic E-state index is 14.1. The maximum Gasteiger partial charge on any atom is 0.319 e. The minimum Gasteiger partial charge on any atom is -0.471 e. The van der Waals surface area contributed by atoms with E-state index in [0.29, 0.717) is 31.0 Å². The van der Waals surface area contributed by atoms with Crippen LogP contribution in [0, 0.1) is 24.4 Å². The van der Waals surface area contributed by atoms with Crippen LogP contribution in [-0.2, 0) is 6.61 Å². The van der Waals surface area contributed by atoms with Crippen molar-refractivity contribution in [2.24, 2.45) is 5.73 Å². The van der Waals surface area contributed by atoms with Gasteiger partial charge in [0.2, 0.25) is 5.88 Å². The standard InChI is InChI=1S/C21H26F3N5O4S/c1-11-8-14(22)13(17(24)16(11)23)10-33-19-15(18(25)31)20(34-28-19)27-21(32)26-5-2-3-6-29-7-4-12(30)9-29/h8,12,30H,2-7,9-10H2,1H3,(H2,25,31)(H2,26,27,32). The number of likely N-dealkylation sites (tertiary alicyclic amines) is 1. The first-order chi connectivity index (χ1) is 16.2. The van der Waals surface area contributed by atoms with Crippen molar-refractivity contribution < 1.29 is 32.6 Å². The summed E-state index contributed by atoms with van der Waals surface area (Å²) < 4.78 is 50.9. The highest BCUT2D eigenvalue weighted by Crippen LogP contribution is 2.31. The second kappa shape index (κ2) is 11.5. The van der Waals surface area contributed by atoms with Crippen LogP contribution in [0.15, 0.2) is 6.07 Å². The summed E-state index contributed by atoms with van der Waals surface area (Å²) in [6.45, 7) is 3.22. The van der Waals surface area contributed by atoms with Gasteiger partial charge in [0, 0.05) is 19.6 Å². The van der Waals surface area contributed by atoms with E-state index in [2.05, 4.69) is 19.9 Å². The molecule has 1 unspecified atom stereocenters. The van der Waals surface area contributed by atoms with Gasteiger partial charge < -0.3 is 25.8 Å². The van der Waals surface area contributed by atoms with Crippen molar-refractivity contribution in [2.45, 2.75) is 38.9 Å². The molecule has 2 heterocycles. The van der Waals surface area contributed by atoms with Crippen LogP contribution in [0.25, 0.3) is 0 Å². The fourth-order valence-corrected chi connectivity index (χ4v) is 4.26. The number of aliphatic hydroxyl groups excluding tert-OH is 1. The average molecular weight is 502 g/mol. The van der Waals surface area contributed by atoms with Crippen LogP contribution in [0.2, 0.25) is 0 Å². The molecule has 1 aromatic carbocycles. The third kappa shape index (κ3) is 6.36. The van der Waals surface area contributed by atoms with E-state index in [4.69, 9.17) is 10.5 Å². The number of aryl methyl sites for hydroxylation is 1. The van der Waals surface area contributed by atoms with Gasteiger partial charge in [-0.3, -0.25) is 10.1 Å². The SMILES string of the molecule is Cc1cc(F)c(COc2nsc(NC(=O)NCCCCN3CCC(O)C3)c2C(N)=O)c(F)c1F. The molecular formula is C21H26F3N5O4S. The minimum atomic E-state index is -1.40. The summed E-state index contributed by atoms with van der Waals surface area (Å²) in [5.74, 6) is -4.91. The van der Waals surface area contributed by atoms with Crippen molar-refractivity contribution in [3.05, 3.63) is 40.2 Å². The molecule has 34 heavy (non-hydrogen) atoms. The van der Waals surface area contributed by atoms with E-state index in [1.165, 1.54) is 6.92 Å². The number of hydrogen-bond donors (Lipinski definition) is 4. The first-order valence-corrected chi connectivity index (χ1v) is 11.4. The number of anilines is 1. The van der Waals surface area contributed by atoms with Crippen molar-refractivity contribution in [2.75, 3.05) is 31.5 Å². The molecular weight excluding hydrogens is 475 g/mol. The lowest BCUT2D eigenvalue weighted by Crippen LogP contribution is -2.31. The summed E-state index contributed by atoms with van der Waals surface area (Å²) >= 11 is 0.703. The van der Waals surface area contributed by atoms with Gasteiger partial charge in [0.05, 0.1) is 11.7 Å². The third-order valence-electron chi connectivity index (χ3n) is 5.36. The van der Waals surface area contributed by atoms with Gasteiger partial charge in [-0.25, -0.2) is 18.0 Å². The Morgan fingerprint density at radius 1 is 1.32 bits per heavy atom. The number of nitrogens with two attached hydrogens (primary N) is 1. The van der Waals surface area contributed by atoms with Crippen LogP contribution in [-0.4, -0.2) is 58.6 Å². The van der Waals surface area contributed by atoms with Crippen LogP contribution in [0.1, 0.15) is 40.7 Å². The topological polar surface area (TPSA) is 130 Å². The Bertz CT molecular complexity index is 1050. The van der Waals surface area contributed by atoms with Gasteiger partial charge in [0.15, 0.2) is 11.6 Å². The number of benzene rings is 1. The normalized spacial score (nSPS) is 16.0. The lowest BCUT2D eigenvalue weighted by Gasteiger charge is -2.14. The van der Waals surface area contributed by atoms with Crippen LogP contribution in [0.4, 0.5) is 23.0 Å². The number of unbranched alkanes of at least 4 members (excludes halogenated alkanes) is 1. The van der Waals surface area contributed by atoms with Crippen molar-refractivity contribution in [1.29, 1.82) is 0 Å². The van der Waals surface area contributed by atoms with E-state index in [9.17, 15) is 27.9 Å². The zero-order valence-corrected chi connectivity index (χ0v) is 19.3. The van der Waals surface area contributed by atoms with E-state index >= 15 is 0 Å². The summed E-state index contributed by atoms with van der Waals surface area (Å²) in [5.41, 5.74) is 4.24. The zero-order chi connectivity index (χ0) is 24.8. The fraction of sp³-hybridized carbons (Fsp3) is 0.476. The highest BCUT2D eigenvalue weighted by molar-refractivity contribution is 7.11. The molecule has 1 aliphatic rings. The molecule has 1 fully saturated rings. The Labute approximate surface area is 198 Å². The van der Waals surface area contributed by atoms with Crippen LogP contribution in [0.3, 0.4) is 0 Å². The number of nitrogens with zero attached hydrogens (tertiary/aromatic N) is 2. The molecule has 0 aliphatic carbocycles. The molecule has 186 valence electrons. The predicted octanol–water partition coefficient (Wildman–Crippen LogP) is 2.52. The summed E-state index contributed by atoms with van der Waals surface area (Å²) in [7, 11) is 0. The second-order valence-electron chi connectivity index (χ2n) is 7.96. The largest absolute Gasteiger partial charge is 0.471 e. The van der Waals surface area contributed by atoms with Gasteiger partial charge in [-0.2, -0.15) is 4.37 Å². The highest BCUT2D eigenvalue weighted by atomic mass is 32.1. The smallest absolute Gasteiger partial charge is 0.319 e. The maximum absolute atomic E-state index is 14.1. The van der Waals surface area contributed by atoms with E-state index in [1.807, 2.05) is 0 Å². The number of rotatable bonds is 10. The molecule has 0 radical (unpaired) electrons. The van der Waals surface area contributed by atoms with Crippen LogP contribution in [0.5, 0.6) is 5.88 Å². The zero-order valence-electron chi connectivity index (χ0n) is 18.5. The Hall–Kier alpha value is -2.90. The van der Waals surface area contributed by atoms with Gasteiger partial charge in [0.25, 0.3) is 5.91 Å². The summed E-state index contributed by atoms with van der Waals surface area (Å²) in [5, 5.41) is 14.6. The molecule has 13 heteroatoms. The minimum absolute atomic E-state index is 0.00193. The number of amides is 3. The number of primary amides is 1. The number of carbonyl (C=O) groups excluding carboxylic acids is 2. The lowest BCUT2D eigenvalue weighted by atomic mass is 10.1. The summed E-state index contributed by atoms with van der Waals surface area (Å²) in [6.07, 6.45) is 2.05. The first-order valence-electron chi connectivity index (χ1n) is 10.7. The number of hydrogen-bond acceptors (Lipinski definition) is 7. The van der Waals surface area contributed by atoms with Gasteiger partial charge in [-0.15, -0.1) is 0 Å². The van der Waals surface area contributed by atoms with E-state index < -0.39 is 41.6 Å². The molecule has 0 bridgehead atoms. The number of carbonyl (C=O) groups is 2. The van der Waals surface area contributed by atoms with Crippen LogP contribution < -0.4 is 21.1 Å². The molecule has 2 aromatic rings. The van der Waals surface area contributed by atoms with Crippen molar-refractivity contribution in [3.8, 4) is 5.88 Å².